The Labute approximate surface area is 137 Å². The molecule has 118 valence electrons. The fourth-order valence-corrected chi connectivity index (χ4v) is 2.62. The number of allylic oxidation sites excluding steroid dienone is 1. The number of nitrogens with zero attached hydrogens (tertiary/aromatic N) is 4. The molecule has 0 saturated carbocycles. The number of benzene rings is 2. The summed E-state index contributed by atoms with van der Waals surface area (Å²) in [6.45, 7) is 2.21. The van der Waals surface area contributed by atoms with Crippen LogP contribution in [0, 0.1) is 0 Å². The van der Waals surface area contributed by atoms with Gasteiger partial charge in [-0.1, -0.05) is 48.9 Å². The summed E-state index contributed by atoms with van der Waals surface area (Å²) in [7, 11) is 2.07. The highest BCUT2D eigenvalue weighted by Crippen LogP contribution is 2.23. The van der Waals surface area contributed by atoms with Gasteiger partial charge in [-0.25, -0.2) is 0 Å². The summed E-state index contributed by atoms with van der Waals surface area (Å²) < 4.78 is 1.93. The van der Waals surface area contributed by atoms with Crippen LogP contribution >= 0.6 is 0 Å². The number of unbranched alkanes of at least 4 members (excludes halogenated alkanes) is 2. The molecule has 0 unspecified atom stereocenters. The Morgan fingerprint density at radius 2 is 1.83 bits per heavy atom. The van der Waals surface area contributed by atoms with E-state index in [0.717, 1.165) is 29.0 Å². The van der Waals surface area contributed by atoms with Gasteiger partial charge in [0.2, 0.25) is 0 Å². The molecule has 0 atom stereocenters. The van der Waals surface area contributed by atoms with Gasteiger partial charge in [-0.15, -0.1) is 5.10 Å². The van der Waals surface area contributed by atoms with Gasteiger partial charge >= 0.3 is 0 Å². The van der Waals surface area contributed by atoms with Crippen LogP contribution in [-0.4, -0.2) is 22.0 Å². The maximum atomic E-state index is 4.38. The smallest absolute Gasteiger partial charge is 0.132 e. The van der Waals surface area contributed by atoms with E-state index in [9.17, 15) is 0 Å². The Kier molecular flexibility index (Phi) is 4.71. The molecule has 0 aliphatic rings. The van der Waals surface area contributed by atoms with E-state index < -0.39 is 0 Å². The molecule has 0 saturated heterocycles. The first kappa shape index (κ1) is 15.3. The summed E-state index contributed by atoms with van der Waals surface area (Å²) in [4.78, 5) is 2.16. The third-order valence-corrected chi connectivity index (χ3v) is 3.94. The molecule has 0 spiro atoms. The first-order valence-corrected chi connectivity index (χ1v) is 8.11. The van der Waals surface area contributed by atoms with E-state index >= 15 is 0 Å². The maximum Gasteiger partial charge on any atom is 0.132 e. The number of hydrogen-bond acceptors (Lipinski definition) is 3. The third-order valence-electron chi connectivity index (χ3n) is 3.94. The Morgan fingerprint density at radius 3 is 2.61 bits per heavy atom. The van der Waals surface area contributed by atoms with Crippen LogP contribution in [-0.2, 0) is 0 Å². The fourth-order valence-electron chi connectivity index (χ4n) is 2.62. The van der Waals surface area contributed by atoms with Gasteiger partial charge < -0.3 is 4.90 Å². The summed E-state index contributed by atoms with van der Waals surface area (Å²) in [5, 5.41) is 8.67. The Morgan fingerprint density at radius 1 is 1.09 bits per heavy atom. The Balaban J connectivity index is 2.04. The summed E-state index contributed by atoms with van der Waals surface area (Å²) in [5.74, 6) is 1.04. The van der Waals surface area contributed by atoms with Crippen molar-refractivity contribution in [3.8, 4) is 0 Å². The molecule has 1 aromatic heterocycles. The van der Waals surface area contributed by atoms with Crippen LogP contribution < -0.4 is 4.90 Å². The van der Waals surface area contributed by atoms with E-state index in [1.165, 1.54) is 12.8 Å². The topological polar surface area (TPSA) is 34.0 Å². The normalized spacial score (nSPS) is 11.8. The van der Waals surface area contributed by atoms with Crippen molar-refractivity contribution >= 4 is 22.5 Å². The standard InChI is InChI=1S/C19H22N4/c1-3-4-6-15-19(22(2)16-11-7-5-8-12-16)23-18-14-10-9-13-17(18)20-21-23/h5,7-15H,3-4,6H2,1-2H3/b19-15-. The average Bonchev–Trinajstić information content (AvgIpc) is 3.03. The molecule has 0 radical (unpaired) electrons. The van der Waals surface area contributed by atoms with Gasteiger partial charge in [-0.05, 0) is 43.2 Å². The molecule has 2 aromatic carbocycles. The summed E-state index contributed by atoms with van der Waals surface area (Å²) in [5.41, 5.74) is 3.07. The average molecular weight is 306 g/mol. The van der Waals surface area contributed by atoms with E-state index in [1.54, 1.807) is 0 Å². The van der Waals surface area contributed by atoms with Crippen LogP contribution in [0.25, 0.3) is 16.9 Å². The zero-order valence-electron chi connectivity index (χ0n) is 13.7. The largest absolute Gasteiger partial charge is 0.330 e. The molecule has 0 bridgehead atoms. The molecule has 1 heterocycles. The number of fused-ring (bicyclic) bond motifs is 1. The van der Waals surface area contributed by atoms with E-state index in [2.05, 4.69) is 65.6 Å². The molecule has 0 aliphatic heterocycles. The van der Waals surface area contributed by atoms with Crippen molar-refractivity contribution in [1.82, 2.24) is 15.0 Å². The van der Waals surface area contributed by atoms with Crippen LogP contribution in [0.15, 0.2) is 60.7 Å². The molecule has 3 aromatic rings. The first-order valence-electron chi connectivity index (χ1n) is 8.11. The van der Waals surface area contributed by atoms with Crippen molar-refractivity contribution in [3.63, 3.8) is 0 Å². The second-order valence-corrected chi connectivity index (χ2v) is 5.59. The van der Waals surface area contributed by atoms with E-state index in [1.807, 2.05) is 28.9 Å². The molecule has 0 N–H and O–H groups in total. The zero-order valence-corrected chi connectivity index (χ0v) is 13.7. The summed E-state index contributed by atoms with van der Waals surface area (Å²) in [6.07, 6.45) is 5.62. The van der Waals surface area contributed by atoms with Crippen LogP contribution in [0.4, 0.5) is 5.69 Å². The molecule has 4 heteroatoms. The Bertz CT molecular complexity index is 789. The number of aromatic nitrogens is 3. The zero-order chi connectivity index (χ0) is 16.1. The number of anilines is 1. The predicted molar refractivity (Wildman–Crippen MR) is 96.2 cm³/mol. The lowest BCUT2D eigenvalue weighted by atomic mass is 10.2. The van der Waals surface area contributed by atoms with Crippen molar-refractivity contribution in [3.05, 3.63) is 60.7 Å². The highest BCUT2D eigenvalue weighted by atomic mass is 15.5. The van der Waals surface area contributed by atoms with Gasteiger partial charge in [0.05, 0.1) is 5.52 Å². The van der Waals surface area contributed by atoms with Gasteiger partial charge in [0.25, 0.3) is 0 Å². The fraction of sp³-hybridized carbons (Fsp3) is 0.263. The first-order chi connectivity index (χ1) is 11.3. The lowest BCUT2D eigenvalue weighted by Crippen LogP contribution is -2.21. The number of para-hydroxylation sites is 2. The van der Waals surface area contributed by atoms with Crippen molar-refractivity contribution in [2.45, 2.75) is 26.2 Å². The van der Waals surface area contributed by atoms with Crippen LogP contribution in [0.2, 0.25) is 0 Å². The van der Waals surface area contributed by atoms with Crippen molar-refractivity contribution in [2.75, 3.05) is 11.9 Å². The Hall–Kier alpha value is -2.62. The third kappa shape index (κ3) is 3.26. The minimum absolute atomic E-state index is 0.912. The van der Waals surface area contributed by atoms with Crippen LogP contribution in [0.3, 0.4) is 0 Å². The number of rotatable bonds is 6. The minimum Gasteiger partial charge on any atom is -0.330 e. The van der Waals surface area contributed by atoms with Gasteiger partial charge in [0.1, 0.15) is 11.3 Å². The lowest BCUT2D eigenvalue weighted by Gasteiger charge is -2.23. The lowest BCUT2D eigenvalue weighted by molar-refractivity contribution is 0.786. The van der Waals surface area contributed by atoms with Crippen LogP contribution in [0.1, 0.15) is 26.2 Å². The van der Waals surface area contributed by atoms with E-state index in [4.69, 9.17) is 0 Å². The minimum atomic E-state index is 0.912. The van der Waals surface area contributed by atoms with Gasteiger partial charge in [0.15, 0.2) is 0 Å². The van der Waals surface area contributed by atoms with Crippen LogP contribution in [0.5, 0.6) is 0 Å². The van der Waals surface area contributed by atoms with Gasteiger partial charge in [-0.3, -0.25) is 0 Å². The second kappa shape index (κ2) is 7.09. The highest BCUT2D eigenvalue weighted by Gasteiger charge is 2.13. The van der Waals surface area contributed by atoms with E-state index in [-0.39, 0.29) is 0 Å². The molecule has 3 rings (SSSR count). The molecular formula is C19H22N4. The van der Waals surface area contributed by atoms with Gasteiger partial charge in [-0.2, -0.15) is 4.68 Å². The monoisotopic (exact) mass is 306 g/mol. The van der Waals surface area contributed by atoms with Gasteiger partial charge in [0, 0.05) is 12.7 Å². The SMILES string of the molecule is CCCC/C=C(/N(C)c1ccccc1)n1nnc2ccccc21. The maximum absolute atomic E-state index is 4.38. The molecule has 4 nitrogen and oxygen atoms in total. The quantitative estimate of drug-likeness (QED) is 0.626. The van der Waals surface area contributed by atoms with Crippen molar-refractivity contribution in [2.24, 2.45) is 0 Å². The molecular weight excluding hydrogens is 284 g/mol. The second-order valence-electron chi connectivity index (χ2n) is 5.59. The van der Waals surface area contributed by atoms with E-state index in [0.29, 0.717) is 0 Å². The molecule has 23 heavy (non-hydrogen) atoms. The molecule has 0 amide bonds. The number of hydrogen-bond donors (Lipinski definition) is 0. The molecule has 0 aliphatic carbocycles. The van der Waals surface area contributed by atoms with Crippen molar-refractivity contribution in [1.29, 1.82) is 0 Å². The highest BCUT2D eigenvalue weighted by molar-refractivity contribution is 5.80. The predicted octanol–water partition coefficient (Wildman–Crippen LogP) is 4.56. The molecule has 0 fully saturated rings. The summed E-state index contributed by atoms with van der Waals surface area (Å²) in [6, 6.07) is 18.4. The summed E-state index contributed by atoms with van der Waals surface area (Å²) >= 11 is 0. The van der Waals surface area contributed by atoms with Crippen molar-refractivity contribution < 1.29 is 0 Å².